The molecule has 0 heterocycles. The van der Waals surface area contributed by atoms with Crippen LogP contribution in [0.25, 0.3) is 0 Å². The van der Waals surface area contributed by atoms with Gasteiger partial charge >= 0.3 is 29.6 Å². The molecule has 0 aliphatic carbocycles. The Kier molecular flexibility index (Phi) is 5.17. The van der Waals surface area contributed by atoms with Crippen LogP contribution in [0.5, 0.6) is 0 Å². The van der Waals surface area contributed by atoms with Crippen LogP contribution in [-0.2, 0) is 10.5 Å². The second-order valence-corrected chi connectivity index (χ2v) is 4.54. The van der Waals surface area contributed by atoms with Gasteiger partial charge in [0, 0.05) is 4.47 Å². The molecule has 2 N–H and O–H groups in total. The number of thiol groups is 1. The second-order valence-electron chi connectivity index (χ2n) is 2.02. The van der Waals surface area contributed by atoms with E-state index >= 15 is 0 Å². The molecule has 1 aromatic carbocycles. The third kappa shape index (κ3) is 3.66. The Morgan fingerprint density at radius 3 is 1.92 bits per heavy atom. The van der Waals surface area contributed by atoms with Crippen LogP contribution in [-0.4, -0.2) is 42.9 Å². The molecule has 0 aliphatic rings. The van der Waals surface area contributed by atoms with Crippen molar-refractivity contribution < 1.29 is 13.3 Å². The van der Waals surface area contributed by atoms with E-state index in [-0.39, 0.29) is 34.5 Å². The molecule has 0 aliphatic heterocycles. The zero-order valence-corrected chi connectivity index (χ0v) is 7.92. The molecule has 12 heavy (non-hydrogen) atoms. The molecule has 0 saturated heterocycles. The minimum atomic E-state index is -4.06. The third-order valence-electron chi connectivity index (χ3n) is 1.16. The Labute approximate surface area is 102 Å². The van der Waals surface area contributed by atoms with E-state index in [0.717, 1.165) is 4.47 Å². The molecule has 1 rings (SSSR count). The predicted molar refractivity (Wildman–Crippen MR) is 54.4 cm³/mol. The molecule has 0 unspecified atom stereocenters. The topological polar surface area (TPSA) is 57.5 Å². The third-order valence-corrected chi connectivity index (χ3v) is 2.66. The van der Waals surface area contributed by atoms with Gasteiger partial charge in [-0.25, -0.2) is 4.21 Å². The second kappa shape index (κ2) is 4.85. The van der Waals surface area contributed by atoms with Gasteiger partial charge in [0.2, 0.25) is 0 Å². The average molecular weight is 263 g/mol. The molecule has 0 saturated carbocycles. The van der Waals surface area contributed by atoms with E-state index in [1.54, 1.807) is 12.1 Å². The molecule has 0 fully saturated rings. The average Bonchev–Trinajstić information content (AvgIpc) is 1.86. The van der Waals surface area contributed by atoms with Gasteiger partial charge in [-0.3, -0.25) is 0 Å². The molecule has 1 aromatic rings. The van der Waals surface area contributed by atoms with Crippen molar-refractivity contribution in [3.05, 3.63) is 28.7 Å². The minimum absolute atomic E-state index is 0. The Hall–Kier alpha value is 0.770. The van der Waals surface area contributed by atoms with E-state index in [1.807, 2.05) is 0 Å². The van der Waals surface area contributed by atoms with Crippen molar-refractivity contribution in [2.45, 2.75) is 4.90 Å². The van der Waals surface area contributed by atoms with E-state index in [1.165, 1.54) is 12.1 Å². The Morgan fingerprint density at radius 1 is 1.17 bits per heavy atom. The summed E-state index contributed by atoms with van der Waals surface area (Å²) in [4.78, 5) is 0.0423. The summed E-state index contributed by atoms with van der Waals surface area (Å²) in [6.07, 6.45) is 0. The summed E-state index contributed by atoms with van der Waals surface area (Å²) < 4.78 is 28.8. The molecule has 0 aromatic heterocycles. The Bertz CT molecular complexity index is 294. The standard InChI is InChI=1S/C6H7BrO3S.Na.H/c7-5-1-3-6(4-2-5)11(8,9)10;;/h1-4,11H,(H2,8,9,10);;. The summed E-state index contributed by atoms with van der Waals surface area (Å²) in [5, 5.41) is 0. The van der Waals surface area contributed by atoms with Gasteiger partial charge < -0.3 is 9.11 Å². The first-order valence-corrected chi connectivity index (χ1v) is 5.22. The van der Waals surface area contributed by atoms with Crippen LogP contribution in [0.1, 0.15) is 0 Å². The zero-order chi connectivity index (χ0) is 8.48. The maximum atomic E-state index is 10.6. The number of benzene rings is 1. The van der Waals surface area contributed by atoms with Crippen LogP contribution in [0, 0.1) is 0 Å². The van der Waals surface area contributed by atoms with Gasteiger partial charge in [-0.1, -0.05) is 15.9 Å². The van der Waals surface area contributed by atoms with Crippen molar-refractivity contribution in [1.82, 2.24) is 0 Å². The summed E-state index contributed by atoms with van der Waals surface area (Å²) in [6.45, 7) is 0. The van der Waals surface area contributed by atoms with Crippen molar-refractivity contribution >= 4 is 56.0 Å². The van der Waals surface area contributed by atoms with E-state index < -0.39 is 10.5 Å². The Balaban J connectivity index is 0.00000121. The molecular weight excluding hydrogens is 255 g/mol. The first-order valence-electron chi connectivity index (χ1n) is 2.82. The van der Waals surface area contributed by atoms with Crippen molar-refractivity contribution in [1.29, 1.82) is 0 Å². The zero-order valence-electron chi connectivity index (χ0n) is 5.44. The monoisotopic (exact) mass is 262 g/mol. The SMILES string of the molecule is O=[SH](O)(O)c1ccc(Br)cc1.[NaH]. The fourth-order valence-electron chi connectivity index (χ4n) is 0.635. The van der Waals surface area contributed by atoms with E-state index in [9.17, 15) is 4.21 Å². The predicted octanol–water partition coefficient (Wildman–Crippen LogP) is 1.12. The van der Waals surface area contributed by atoms with Crippen molar-refractivity contribution in [3.63, 3.8) is 0 Å². The maximum absolute atomic E-state index is 10.6. The van der Waals surface area contributed by atoms with Gasteiger partial charge in [0.25, 0.3) is 0 Å². The van der Waals surface area contributed by atoms with Crippen LogP contribution >= 0.6 is 15.9 Å². The summed E-state index contributed by atoms with van der Waals surface area (Å²) in [6, 6.07) is 5.97. The molecule has 0 amide bonds. The number of halogens is 1. The van der Waals surface area contributed by atoms with Crippen LogP contribution in [0.2, 0.25) is 0 Å². The van der Waals surface area contributed by atoms with Gasteiger partial charge in [-0.2, -0.15) is 0 Å². The molecule has 0 atom stereocenters. The molecule has 64 valence electrons. The summed E-state index contributed by atoms with van der Waals surface area (Å²) in [5.41, 5.74) is 0. The van der Waals surface area contributed by atoms with Crippen molar-refractivity contribution in [3.8, 4) is 0 Å². The first-order chi connectivity index (χ1) is 5.00. The van der Waals surface area contributed by atoms with E-state index in [4.69, 9.17) is 9.11 Å². The molecule has 0 bridgehead atoms. The summed E-state index contributed by atoms with van der Waals surface area (Å²) in [5.74, 6) is 0. The van der Waals surface area contributed by atoms with Crippen molar-refractivity contribution in [2.75, 3.05) is 0 Å². The summed E-state index contributed by atoms with van der Waals surface area (Å²) in [7, 11) is -4.06. The van der Waals surface area contributed by atoms with Crippen LogP contribution in [0.3, 0.4) is 0 Å². The first kappa shape index (κ1) is 12.8. The molecule has 3 nitrogen and oxygen atoms in total. The van der Waals surface area contributed by atoms with Gasteiger partial charge in [0.05, 0.1) is 15.4 Å². The van der Waals surface area contributed by atoms with Crippen molar-refractivity contribution in [2.24, 2.45) is 0 Å². The molecule has 6 heteroatoms. The van der Waals surface area contributed by atoms with Crippen LogP contribution in [0.15, 0.2) is 33.6 Å². The normalized spacial score (nSPS) is 11.9. The van der Waals surface area contributed by atoms with Gasteiger partial charge in [-0.05, 0) is 24.3 Å². The number of hydrogen-bond donors (Lipinski definition) is 3. The molecule has 0 spiro atoms. The molecular formula is C6H8BrNaO3S. The van der Waals surface area contributed by atoms with E-state index in [0.29, 0.717) is 0 Å². The quantitative estimate of drug-likeness (QED) is 0.525. The number of rotatable bonds is 1. The number of hydrogen-bond acceptors (Lipinski definition) is 1. The summed E-state index contributed by atoms with van der Waals surface area (Å²) >= 11 is 3.16. The fraction of sp³-hybridized carbons (Fsp3) is 0. The Morgan fingerprint density at radius 2 is 1.58 bits per heavy atom. The van der Waals surface area contributed by atoms with Gasteiger partial charge in [0.15, 0.2) is 0 Å². The van der Waals surface area contributed by atoms with E-state index in [2.05, 4.69) is 15.9 Å². The fourth-order valence-corrected chi connectivity index (χ4v) is 1.44. The van der Waals surface area contributed by atoms with Crippen LogP contribution < -0.4 is 0 Å². The van der Waals surface area contributed by atoms with Crippen LogP contribution in [0.4, 0.5) is 0 Å². The van der Waals surface area contributed by atoms with Gasteiger partial charge in [0.1, 0.15) is 0 Å². The van der Waals surface area contributed by atoms with Gasteiger partial charge in [-0.15, -0.1) is 0 Å². The molecule has 0 radical (unpaired) electrons.